The molecule has 10 heteroatoms. The quantitative estimate of drug-likeness (QED) is 0.276. The Hall–Kier alpha value is -2.94. The first-order valence-corrected chi connectivity index (χ1v) is 12.0. The van der Waals surface area contributed by atoms with Crippen molar-refractivity contribution in [1.29, 1.82) is 0 Å². The average molecular weight is 514 g/mol. The number of hydrogen-bond donors (Lipinski definition) is 2. The molecule has 1 fully saturated rings. The van der Waals surface area contributed by atoms with Gasteiger partial charge >= 0.3 is 0 Å². The number of piperazine rings is 1. The minimum Gasteiger partial charge on any atom is -0.368 e. The van der Waals surface area contributed by atoms with Crippen LogP contribution in [0.25, 0.3) is 0 Å². The molecule has 1 saturated heterocycles. The third-order valence-corrected chi connectivity index (χ3v) is 6.04. The first kappa shape index (κ1) is 24.2. The summed E-state index contributed by atoms with van der Waals surface area (Å²) in [7, 11) is 0. The van der Waals surface area contributed by atoms with Gasteiger partial charge in [-0.05, 0) is 62.5 Å². The van der Waals surface area contributed by atoms with Crippen LogP contribution in [0.4, 0.5) is 17.3 Å². The summed E-state index contributed by atoms with van der Waals surface area (Å²) in [6.07, 6.45) is 0. The van der Waals surface area contributed by atoms with E-state index in [4.69, 9.17) is 35.4 Å². The molecule has 1 aromatic heterocycles. The number of benzene rings is 2. The van der Waals surface area contributed by atoms with Gasteiger partial charge in [-0.1, -0.05) is 41.4 Å². The molecule has 0 radical (unpaired) electrons. The maximum Gasteiger partial charge on any atom is 0.229 e. The van der Waals surface area contributed by atoms with Gasteiger partial charge in [0.25, 0.3) is 0 Å². The molecule has 2 N–H and O–H groups in total. The molecular weight excluding hydrogens is 489 g/mol. The first-order valence-electron chi connectivity index (χ1n) is 10.9. The van der Waals surface area contributed by atoms with E-state index in [1.807, 2.05) is 56.3 Å². The third kappa shape index (κ3) is 6.34. The minimum absolute atomic E-state index is 0.289. The fourth-order valence-corrected chi connectivity index (χ4v) is 4.27. The van der Waals surface area contributed by atoms with E-state index in [9.17, 15) is 0 Å². The second-order valence-corrected chi connectivity index (χ2v) is 9.13. The second-order valence-electron chi connectivity index (χ2n) is 7.90. The number of guanidine groups is 1. The van der Waals surface area contributed by atoms with E-state index < -0.39 is 0 Å². The number of aryl methyl sites for hydroxylation is 2. The average Bonchev–Trinajstić information content (AvgIpc) is 2.80. The summed E-state index contributed by atoms with van der Waals surface area (Å²) in [6.45, 7) is 6.95. The Labute approximate surface area is 214 Å². The van der Waals surface area contributed by atoms with E-state index in [1.165, 1.54) is 0 Å². The number of rotatable bonds is 3. The Balaban J connectivity index is 1.54. The van der Waals surface area contributed by atoms with E-state index in [-0.39, 0.29) is 5.11 Å². The van der Waals surface area contributed by atoms with Crippen molar-refractivity contribution in [3.8, 4) is 0 Å². The molecular formula is C24H25Cl2N7S. The Morgan fingerprint density at radius 2 is 1.62 bits per heavy atom. The molecule has 1 aliphatic rings. The fraction of sp³-hybridized carbons (Fsp3) is 0.250. The monoisotopic (exact) mass is 513 g/mol. The number of nitrogens with zero attached hydrogens (tertiary/aromatic N) is 5. The number of anilines is 3. The fourth-order valence-electron chi connectivity index (χ4n) is 3.71. The highest BCUT2D eigenvalue weighted by atomic mass is 35.5. The predicted molar refractivity (Wildman–Crippen MR) is 145 cm³/mol. The molecule has 34 heavy (non-hydrogen) atoms. The number of aromatic nitrogens is 2. The number of hydrogen-bond acceptors (Lipinski definition) is 4. The lowest BCUT2D eigenvalue weighted by Gasteiger charge is -2.37. The number of para-hydroxylation sites is 1. The van der Waals surface area contributed by atoms with E-state index in [2.05, 4.69) is 41.5 Å². The van der Waals surface area contributed by atoms with Crippen LogP contribution in [0.1, 0.15) is 11.4 Å². The number of halogens is 2. The molecule has 2 aromatic carbocycles. The highest BCUT2D eigenvalue weighted by Gasteiger charge is 2.22. The van der Waals surface area contributed by atoms with Gasteiger partial charge in [0, 0.05) is 48.3 Å². The van der Waals surface area contributed by atoms with Crippen LogP contribution in [0.2, 0.25) is 10.0 Å². The predicted octanol–water partition coefficient (Wildman–Crippen LogP) is 5.39. The van der Waals surface area contributed by atoms with Crippen molar-refractivity contribution in [3.63, 3.8) is 0 Å². The van der Waals surface area contributed by atoms with E-state index in [1.54, 1.807) is 6.07 Å². The van der Waals surface area contributed by atoms with Crippen LogP contribution in [-0.4, -0.2) is 52.1 Å². The topological polar surface area (TPSA) is 68.7 Å². The van der Waals surface area contributed by atoms with Gasteiger partial charge in [0.1, 0.15) is 0 Å². The highest BCUT2D eigenvalue weighted by molar-refractivity contribution is 7.80. The lowest BCUT2D eigenvalue weighted by Crippen LogP contribution is -2.51. The summed E-state index contributed by atoms with van der Waals surface area (Å²) in [5.74, 6) is 1.06. The number of aliphatic imine (C=N–C) groups is 1. The van der Waals surface area contributed by atoms with Crippen molar-refractivity contribution >= 4 is 63.8 Å². The zero-order chi connectivity index (χ0) is 24.1. The molecule has 176 valence electrons. The normalized spacial score (nSPS) is 14.2. The largest absolute Gasteiger partial charge is 0.368 e. The molecule has 7 nitrogen and oxygen atoms in total. The third-order valence-electron chi connectivity index (χ3n) is 5.28. The summed E-state index contributed by atoms with van der Waals surface area (Å²) >= 11 is 18.0. The van der Waals surface area contributed by atoms with E-state index in [0.29, 0.717) is 22.6 Å². The van der Waals surface area contributed by atoms with Gasteiger partial charge < -0.3 is 15.1 Å². The lowest BCUT2D eigenvalue weighted by atomic mass is 10.2. The molecule has 3 aromatic rings. The zero-order valence-corrected chi connectivity index (χ0v) is 21.3. The van der Waals surface area contributed by atoms with Crippen molar-refractivity contribution in [2.75, 3.05) is 41.7 Å². The molecule has 0 bridgehead atoms. The molecule has 0 atom stereocenters. The summed E-state index contributed by atoms with van der Waals surface area (Å²) in [5.41, 5.74) is 3.55. The van der Waals surface area contributed by atoms with E-state index >= 15 is 0 Å². The molecule has 0 saturated carbocycles. The van der Waals surface area contributed by atoms with E-state index in [0.717, 1.165) is 48.3 Å². The molecule has 2 heterocycles. The molecule has 0 spiro atoms. The lowest BCUT2D eigenvalue weighted by molar-refractivity contribution is 0.385. The van der Waals surface area contributed by atoms with Crippen molar-refractivity contribution in [2.24, 2.45) is 4.99 Å². The summed E-state index contributed by atoms with van der Waals surface area (Å²) in [4.78, 5) is 18.1. The van der Waals surface area contributed by atoms with Crippen LogP contribution in [0.15, 0.2) is 59.6 Å². The maximum atomic E-state index is 6.27. The van der Waals surface area contributed by atoms with Crippen LogP contribution in [0, 0.1) is 13.8 Å². The minimum atomic E-state index is 0.289. The van der Waals surface area contributed by atoms with Crippen molar-refractivity contribution < 1.29 is 0 Å². The maximum absolute atomic E-state index is 6.27. The number of nitrogens with one attached hydrogen (secondary N) is 2. The Morgan fingerprint density at radius 1 is 0.912 bits per heavy atom. The zero-order valence-electron chi connectivity index (χ0n) is 18.9. The van der Waals surface area contributed by atoms with Gasteiger partial charge in [-0.25, -0.2) is 9.97 Å². The molecule has 1 aliphatic heterocycles. The van der Waals surface area contributed by atoms with Gasteiger partial charge in [-0.3, -0.25) is 5.32 Å². The van der Waals surface area contributed by atoms with Crippen LogP contribution in [0.5, 0.6) is 0 Å². The van der Waals surface area contributed by atoms with Gasteiger partial charge in [-0.2, -0.15) is 4.99 Å². The van der Waals surface area contributed by atoms with Gasteiger partial charge in [0.2, 0.25) is 17.0 Å². The van der Waals surface area contributed by atoms with Gasteiger partial charge in [-0.15, -0.1) is 0 Å². The highest BCUT2D eigenvalue weighted by Crippen LogP contribution is 2.22. The van der Waals surface area contributed by atoms with Gasteiger partial charge in [0.15, 0.2) is 0 Å². The van der Waals surface area contributed by atoms with Crippen LogP contribution >= 0.6 is 35.4 Å². The number of thiocarbonyl (C=S) groups is 1. The Kier molecular flexibility index (Phi) is 7.82. The molecule has 0 aliphatic carbocycles. The standard InChI is InChI=1S/C24H25Cl2N7S/c1-16-14-17(2)28-22(27-16)30-23(31-24(34)29-21-9-4-3-8-20(21)26)33-12-10-32(11-13-33)19-7-5-6-18(25)15-19/h3-9,14-15H,10-13H2,1-2H3,(H2,27,28,29,30,31,34). The van der Waals surface area contributed by atoms with Crippen molar-refractivity contribution in [3.05, 3.63) is 76.0 Å². The van der Waals surface area contributed by atoms with Crippen LogP contribution in [0.3, 0.4) is 0 Å². The van der Waals surface area contributed by atoms with Crippen LogP contribution < -0.4 is 15.5 Å². The van der Waals surface area contributed by atoms with Crippen LogP contribution in [-0.2, 0) is 0 Å². The summed E-state index contributed by atoms with van der Waals surface area (Å²) in [5, 5.41) is 7.98. The first-order chi connectivity index (χ1) is 16.4. The summed E-state index contributed by atoms with van der Waals surface area (Å²) in [6, 6.07) is 17.2. The smallest absolute Gasteiger partial charge is 0.229 e. The van der Waals surface area contributed by atoms with Gasteiger partial charge in [0.05, 0.1) is 10.7 Å². The molecule has 0 unspecified atom stereocenters. The van der Waals surface area contributed by atoms with Crippen molar-refractivity contribution in [2.45, 2.75) is 13.8 Å². The van der Waals surface area contributed by atoms with Crippen molar-refractivity contribution in [1.82, 2.24) is 14.9 Å². The Morgan fingerprint density at radius 3 is 2.29 bits per heavy atom. The molecule has 4 rings (SSSR count). The molecule has 0 amide bonds. The second kappa shape index (κ2) is 11.0. The Bertz CT molecular complexity index is 1190. The summed E-state index contributed by atoms with van der Waals surface area (Å²) < 4.78 is 0. The SMILES string of the molecule is Cc1cc(C)nc(N/C(=N/C(=S)Nc2ccccc2Cl)N2CCN(c3cccc(Cl)c3)CC2)n1.